The highest BCUT2D eigenvalue weighted by atomic mass is 16.2. The number of allylic oxidation sites excluding steroid dienone is 1. The maximum atomic E-state index is 12.7. The van der Waals surface area contributed by atoms with Gasteiger partial charge in [0.1, 0.15) is 6.04 Å². The number of nitrogens with one attached hydrogen (secondary N) is 2. The van der Waals surface area contributed by atoms with Crippen LogP contribution < -0.4 is 15.5 Å². The first-order chi connectivity index (χ1) is 11.6. The van der Waals surface area contributed by atoms with Gasteiger partial charge in [-0.25, -0.2) is 0 Å². The van der Waals surface area contributed by atoms with Gasteiger partial charge in [-0.05, 0) is 36.6 Å². The average molecular weight is 326 g/mol. The molecule has 3 heterocycles. The number of benzene rings is 1. The second-order valence-corrected chi connectivity index (χ2v) is 6.66. The molecule has 1 aromatic carbocycles. The Kier molecular flexibility index (Phi) is 3.76. The van der Waals surface area contributed by atoms with Gasteiger partial charge in [-0.15, -0.1) is 0 Å². The Morgan fingerprint density at radius 1 is 1.17 bits per heavy atom. The number of carbonyl (C=O) groups excluding carboxylic acids is 2. The fourth-order valence-electron chi connectivity index (χ4n) is 3.76. The average Bonchev–Trinajstić information content (AvgIpc) is 2.92. The van der Waals surface area contributed by atoms with Gasteiger partial charge in [0.15, 0.2) is 0 Å². The zero-order valence-corrected chi connectivity index (χ0v) is 13.7. The molecule has 2 N–H and O–H groups in total. The molecule has 2 saturated heterocycles. The molecule has 1 aromatic rings. The highest BCUT2D eigenvalue weighted by molar-refractivity contribution is 6.01. The Labute approximate surface area is 141 Å². The number of anilines is 1. The van der Waals surface area contributed by atoms with Crippen LogP contribution in [0.25, 0.3) is 0 Å². The molecule has 3 aliphatic heterocycles. The van der Waals surface area contributed by atoms with Gasteiger partial charge in [0, 0.05) is 49.7 Å². The fraction of sp³-hybridized carbons (Fsp3) is 0.444. The molecular formula is C18H22N4O2. The molecule has 4 rings (SSSR count). The van der Waals surface area contributed by atoms with Crippen molar-refractivity contribution in [2.24, 2.45) is 0 Å². The van der Waals surface area contributed by atoms with Crippen molar-refractivity contribution in [1.29, 1.82) is 0 Å². The Morgan fingerprint density at radius 3 is 2.71 bits per heavy atom. The van der Waals surface area contributed by atoms with Crippen LogP contribution in [-0.2, 0) is 11.3 Å². The third-order valence-electron chi connectivity index (χ3n) is 5.10. The maximum absolute atomic E-state index is 12.7. The quantitative estimate of drug-likeness (QED) is 0.845. The summed E-state index contributed by atoms with van der Waals surface area (Å²) >= 11 is 0. The first kappa shape index (κ1) is 15.2. The van der Waals surface area contributed by atoms with Crippen molar-refractivity contribution in [3.63, 3.8) is 0 Å². The molecule has 0 saturated carbocycles. The van der Waals surface area contributed by atoms with Crippen LogP contribution in [0.1, 0.15) is 28.8 Å². The highest BCUT2D eigenvalue weighted by Gasteiger charge is 2.38. The second-order valence-electron chi connectivity index (χ2n) is 6.66. The number of carbonyl (C=O) groups is 2. The second kappa shape index (κ2) is 5.94. The predicted octanol–water partition coefficient (Wildman–Crippen LogP) is 0.844. The monoisotopic (exact) mass is 326 g/mol. The molecular weight excluding hydrogens is 304 g/mol. The predicted molar refractivity (Wildman–Crippen MR) is 91.7 cm³/mol. The summed E-state index contributed by atoms with van der Waals surface area (Å²) in [5, 5.41) is 6.12. The standard InChI is InChI=1S/C18H22N4O2/c1-12-2-5-16(17(23)20-12)22-11-13-10-14(3-4-15(13)18(22)24)21-8-6-19-7-9-21/h3-4,10,16,19H,1-2,5-9,11H2,(H,20,23)/t16-/m0/s1. The molecule has 6 heteroatoms. The molecule has 3 aliphatic rings. The molecule has 0 spiro atoms. The molecule has 24 heavy (non-hydrogen) atoms. The van der Waals surface area contributed by atoms with Crippen molar-refractivity contribution >= 4 is 17.5 Å². The smallest absolute Gasteiger partial charge is 0.255 e. The number of hydrogen-bond donors (Lipinski definition) is 2. The van der Waals surface area contributed by atoms with Crippen LogP contribution >= 0.6 is 0 Å². The normalized spacial score (nSPS) is 24.2. The van der Waals surface area contributed by atoms with Gasteiger partial charge >= 0.3 is 0 Å². The lowest BCUT2D eigenvalue weighted by molar-refractivity contribution is -0.126. The number of hydrogen-bond acceptors (Lipinski definition) is 4. The summed E-state index contributed by atoms with van der Waals surface area (Å²) in [6.07, 6.45) is 1.37. The Bertz CT molecular complexity index is 709. The summed E-state index contributed by atoms with van der Waals surface area (Å²) in [4.78, 5) is 29.0. The van der Waals surface area contributed by atoms with Crippen molar-refractivity contribution in [1.82, 2.24) is 15.5 Å². The van der Waals surface area contributed by atoms with E-state index in [4.69, 9.17) is 0 Å². The zero-order chi connectivity index (χ0) is 16.7. The molecule has 0 aliphatic carbocycles. The van der Waals surface area contributed by atoms with Crippen molar-refractivity contribution in [3.05, 3.63) is 41.6 Å². The Morgan fingerprint density at radius 2 is 1.96 bits per heavy atom. The van der Waals surface area contributed by atoms with Crippen LogP contribution in [0.3, 0.4) is 0 Å². The molecule has 0 aromatic heterocycles. The van der Waals surface area contributed by atoms with Gasteiger partial charge in [-0.2, -0.15) is 0 Å². The minimum absolute atomic E-state index is 0.0375. The minimum Gasteiger partial charge on any atom is -0.369 e. The first-order valence-electron chi connectivity index (χ1n) is 8.52. The van der Waals surface area contributed by atoms with Gasteiger partial charge in [0.2, 0.25) is 5.91 Å². The largest absolute Gasteiger partial charge is 0.369 e. The highest BCUT2D eigenvalue weighted by Crippen LogP contribution is 2.31. The van der Waals surface area contributed by atoms with Crippen LogP contribution in [0.4, 0.5) is 5.69 Å². The minimum atomic E-state index is -0.391. The van der Waals surface area contributed by atoms with E-state index in [0.29, 0.717) is 13.0 Å². The van der Waals surface area contributed by atoms with E-state index >= 15 is 0 Å². The van der Waals surface area contributed by atoms with Gasteiger partial charge in [0.05, 0.1) is 0 Å². The third-order valence-corrected chi connectivity index (χ3v) is 5.10. The van der Waals surface area contributed by atoms with Crippen LogP contribution in [0, 0.1) is 0 Å². The van der Waals surface area contributed by atoms with Gasteiger partial charge in [0.25, 0.3) is 5.91 Å². The maximum Gasteiger partial charge on any atom is 0.255 e. The molecule has 2 fully saturated rings. The SMILES string of the molecule is C=C1CC[C@H](N2Cc3cc(N4CCNCC4)ccc3C2=O)C(=O)N1. The van der Waals surface area contributed by atoms with E-state index in [0.717, 1.165) is 55.1 Å². The summed E-state index contributed by atoms with van der Waals surface area (Å²) < 4.78 is 0. The molecule has 0 bridgehead atoms. The number of piperazine rings is 1. The van der Waals surface area contributed by atoms with E-state index in [-0.39, 0.29) is 11.8 Å². The Hall–Kier alpha value is -2.34. The number of nitrogens with zero attached hydrogens (tertiary/aromatic N) is 2. The third kappa shape index (κ3) is 2.57. The molecule has 126 valence electrons. The molecule has 6 nitrogen and oxygen atoms in total. The van der Waals surface area contributed by atoms with Crippen molar-refractivity contribution in [3.8, 4) is 0 Å². The molecule has 0 unspecified atom stereocenters. The lowest BCUT2D eigenvalue weighted by atomic mass is 10.0. The van der Waals surface area contributed by atoms with Crippen molar-refractivity contribution in [2.45, 2.75) is 25.4 Å². The number of amides is 2. The van der Waals surface area contributed by atoms with Gasteiger partial charge < -0.3 is 20.4 Å². The van der Waals surface area contributed by atoms with Crippen LogP contribution in [-0.4, -0.2) is 48.9 Å². The molecule has 0 radical (unpaired) electrons. The van der Waals surface area contributed by atoms with Gasteiger partial charge in [-0.1, -0.05) is 6.58 Å². The molecule has 2 amide bonds. The van der Waals surface area contributed by atoms with Crippen molar-refractivity contribution < 1.29 is 9.59 Å². The van der Waals surface area contributed by atoms with Crippen LogP contribution in [0.15, 0.2) is 30.5 Å². The number of rotatable bonds is 2. The lowest BCUT2D eigenvalue weighted by Crippen LogP contribution is -2.49. The lowest BCUT2D eigenvalue weighted by Gasteiger charge is -2.31. The number of piperidine rings is 1. The summed E-state index contributed by atoms with van der Waals surface area (Å²) in [6, 6.07) is 5.65. The van der Waals surface area contributed by atoms with E-state index in [1.54, 1.807) is 4.90 Å². The number of fused-ring (bicyclic) bond motifs is 1. The van der Waals surface area contributed by atoms with E-state index in [9.17, 15) is 9.59 Å². The fourth-order valence-corrected chi connectivity index (χ4v) is 3.76. The van der Waals surface area contributed by atoms with E-state index in [1.807, 2.05) is 12.1 Å². The van der Waals surface area contributed by atoms with Gasteiger partial charge in [-0.3, -0.25) is 9.59 Å². The van der Waals surface area contributed by atoms with Crippen LogP contribution in [0.5, 0.6) is 0 Å². The summed E-state index contributed by atoms with van der Waals surface area (Å²) in [5.41, 5.74) is 3.65. The van der Waals surface area contributed by atoms with E-state index in [2.05, 4.69) is 28.2 Å². The first-order valence-corrected chi connectivity index (χ1v) is 8.52. The molecule has 1 atom stereocenters. The summed E-state index contributed by atoms with van der Waals surface area (Å²) in [6.45, 7) is 8.23. The summed E-state index contributed by atoms with van der Waals surface area (Å²) in [5.74, 6) is -0.153. The van der Waals surface area contributed by atoms with Crippen molar-refractivity contribution in [2.75, 3.05) is 31.1 Å². The zero-order valence-electron chi connectivity index (χ0n) is 13.7. The van der Waals surface area contributed by atoms with Crippen LogP contribution in [0.2, 0.25) is 0 Å². The Balaban J connectivity index is 1.55. The summed E-state index contributed by atoms with van der Waals surface area (Å²) in [7, 11) is 0. The van der Waals surface area contributed by atoms with E-state index in [1.165, 1.54) is 0 Å². The van der Waals surface area contributed by atoms with E-state index < -0.39 is 6.04 Å². The topological polar surface area (TPSA) is 64.7 Å².